The fourth-order valence-corrected chi connectivity index (χ4v) is 3.50. The summed E-state index contributed by atoms with van der Waals surface area (Å²) in [7, 11) is 1.33. The minimum absolute atomic E-state index is 0.0970. The highest BCUT2D eigenvalue weighted by atomic mass is 16.6. The number of methoxy groups -OCH3 is 1. The molecule has 0 bridgehead atoms. The molecule has 0 heterocycles. The monoisotopic (exact) mass is 392 g/mol. The Kier molecular flexibility index (Phi) is 7.16. The molecule has 1 atom stereocenters. The first kappa shape index (κ1) is 21.9. The van der Waals surface area contributed by atoms with Crippen molar-refractivity contribution in [1.29, 1.82) is 0 Å². The van der Waals surface area contributed by atoms with Crippen molar-refractivity contribution in [3.8, 4) is 5.75 Å². The smallest absolute Gasteiger partial charge is 0.407 e. The Morgan fingerprint density at radius 1 is 1.18 bits per heavy atom. The Bertz CT molecular complexity index is 691. The normalized spacial score (nSPS) is 20.8. The van der Waals surface area contributed by atoms with Crippen molar-refractivity contribution in [2.75, 3.05) is 12.4 Å². The number of carbonyl (C=O) groups excluding carboxylic acids is 2. The molecule has 0 saturated heterocycles. The van der Waals surface area contributed by atoms with E-state index in [0.717, 1.165) is 25.7 Å². The van der Waals surface area contributed by atoms with Crippen LogP contribution in [0.5, 0.6) is 5.75 Å². The molecular weight excluding hydrogens is 360 g/mol. The van der Waals surface area contributed by atoms with Crippen molar-refractivity contribution in [2.45, 2.75) is 71.1 Å². The maximum atomic E-state index is 11.9. The Labute approximate surface area is 166 Å². The second kappa shape index (κ2) is 9.17. The molecule has 0 unspecified atom stereocenters. The van der Waals surface area contributed by atoms with Crippen molar-refractivity contribution in [2.24, 2.45) is 5.92 Å². The number of carbonyl (C=O) groups is 2. The van der Waals surface area contributed by atoms with Gasteiger partial charge in [0, 0.05) is 12.1 Å². The molecule has 1 amide bonds. The van der Waals surface area contributed by atoms with Gasteiger partial charge in [-0.2, -0.15) is 0 Å². The number of rotatable bonds is 5. The van der Waals surface area contributed by atoms with Gasteiger partial charge in [0.05, 0.1) is 18.4 Å². The molecule has 1 aliphatic rings. The van der Waals surface area contributed by atoms with E-state index in [2.05, 4.69) is 17.6 Å². The first-order chi connectivity index (χ1) is 13.1. The zero-order chi connectivity index (χ0) is 20.9. The minimum Gasteiger partial charge on any atom is -0.506 e. The number of alkyl carbamates (subject to hydrolysis) is 1. The van der Waals surface area contributed by atoms with Crippen LogP contribution in [0.1, 0.15) is 63.7 Å². The molecule has 1 aliphatic carbocycles. The molecule has 7 heteroatoms. The van der Waals surface area contributed by atoms with Gasteiger partial charge in [-0.3, -0.25) is 0 Å². The van der Waals surface area contributed by atoms with Crippen LogP contribution in [0.4, 0.5) is 10.5 Å². The third-order valence-electron chi connectivity index (χ3n) is 5.00. The van der Waals surface area contributed by atoms with Crippen LogP contribution in [0, 0.1) is 5.92 Å². The van der Waals surface area contributed by atoms with Crippen LogP contribution in [0.25, 0.3) is 0 Å². The topological polar surface area (TPSA) is 96.9 Å². The lowest BCUT2D eigenvalue weighted by Gasteiger charge is -2.34. The summed E-state index contributed by atoms with van der Waals surface area (Å²) >= 11 is 0. The van der Waals surface area contributed by atoms with Crippen LogP contribution < -0.4 is 10.6 Å². The van der Waals surface area contributed by atoms with Gasteiger partial charge in [0.15, 0.2) is 0 Å². The Balaban J connectivity index is 1.88. The lowest BCUT2D eigenvalue weighted by Crippen LogP contribution is -2.42. The van der Waals surface area contributed by atoms with Crippen LogP contribution in [-0.4, -0.2) is 42.0 Å². The summed E-state index contributed by atoms with van der Waals surface area (Å²) in [5.74, 6) is 0.0575. The summed E-state index contributed by atoms with van der Waals surface area (Å²) in [6.45, 7) is 7.61. The van der Waals surface area contributed by atoms with Gasteiger partial charge < -0.3 is 25.2 Å². The van der Waals surface area contributed by atoms with E-state index in [1.165, 1.54) is 19.2 Å². The molecule has 2 rings (SSSR count). The number of hydrogen-bond donors (Lipinski definition) is 3. The quantitative estimate of drug-likeness (QED) is 0.516. The maximum absolute atomic E-state index is 11.9. The average molecular weight is 392 g/mol. The number of phenolic OH excluding ortho intramolecular Hbond substituents is 1. The van der Waals surface area contributed by atoms with Crippen LogP contribution in [0.15, 0.2) is 18.2 Å². The largest absolute Gasteiger partial charge is 0.506 e. The Morgan fingerprint density at radius 2 is 1.82 bits per heavy atom. The van der Waals surface area contributed by atoms with Crippen LogP contribution >= 0.6 is 0 Å². The van der Waals surface area contributed by atoms with E-state index in [1.807, 2.05) is 20.8 Å². The maximum Gasteiger partial charge on any atom is 0.407 e. The summed E-state index contributed by atoms with van der Waals surface area (Å²) < 4.78 is 10.1. The van der Waals surface area contributed by atoms with Gasteiger partial charge in [0.25, 0.3) is 0 Å². The molecule has 7 nitrogen and oxygen atoms in total. The second-order valence-corrected chi connectivity index (χ2v) is 8.41. The highest BCUT2D eigenvalue weighted by molar-refractivity contribution is 5.91. The van der Waals surface area contributed by atoms with E-state index in [9.17, 15) is 14.7 Å². The molecular formula is C21H32N2O5. The molecule has 1 aromatic carbocycles. The van der Waals surface area contributed by atoms with Gasteiger partial charge in [0.2, 0.25) is 0 Å². The SMILES string of the molecule is COC(=O)c1ccc(O)c(N[C@@H](C)C2CCC(NC(=O)OC(C)(C)C)CC2)c1. The molecule has 28 heavy (non-hydrogen) atoms. The summed E-state index contributed by atoms with van der Waals surface area (Å²) in [6, 6.07) is 4.86. The van der Waals surface area contributed by atoms with Gasteiger partial charge in [-0.25, -0.2) is 9.59 Å². The van der Waals surface area contributed by atoms with Crippen LogP contribution in [-0.2, 0) is 9.47 Å². The van der Waals surface area contributed by atoms with Gasteiger partial charge in [-0.05, 0) is 77.5 Å². The molecule has 0 aromatic heterocycles. The van der Waals surface area contributed by atoms with Crippen molar-refractivity contribution < 1.29 is 24.2 Å². The summed E-state index contributed by atoms with van der Waals surface area (Å²) in [5.41, 5.74) is 0.408. The molecule has 3 N–H and O–H groups in total. The molecule has 0 spiro atoms. The van der Waals surface area contributed by atoms with E-state index >= 15 is 0 Å². The molecule has 1 fully saturated rings. The Morgan fingerprint density at radius 3 is 2.39 bits per heavy atom. The Hall–Kier alpha value is -2.44. The van der Waals surface area contributed by atoms with Crippen molar-refractivity contribution >= 4 is 17.7 Å². The van der Waals surface area contributed by atoms with E-state index in [0.29, 0.717) is 17.2 Å². The van der Waals surface area contributed by atoms with Gasteiger partial charge in [0.1, 0.15) is 11.4 Å². The first-order valence-corrected chi connectivity index (χ1v) is 9.76. The summed E-state index contributed by atoms with van der Waals surface area (Å²) in [4.78, 5) is 23.6. The number of phenols is 1. The zero-order valence-corrected chi connectivity index (χ0v) is 17.4. The second-order valence-electron chi connectivity index (χ2n) is 8.41. The lowest BCUT2D eigenvalue weighted by molar-refractivity contribution is 0.0485. The zero-order valence-electron chi connectivity index (χ0n) is 17.4. The van der Waals surface area contributed by atoms with Crippen molar-refractivity contribution in [1.82, 2.24) is 5.32 Å². The lowest BCUT2D eigenvalue weighted by atomic mass is 9.82. The number of aromatic hydroxyl groups is 1. The fourth-order valence-electron chi connectivity index (χ4n) is 3.50. The predicted octanol–water partition coefficient (Wildman–Crippen LogP) is 4.06. The number of nitrogens with one attached hydrogen (secondary N) is 2. The fraction of sp³-hybridized carbons (Fsp3) is 0.619. The molecule has 1 aromatic rings. The first-order valence-electron chi connectivity index (χ1n) is 9.76. The van der Waals surface area contributed by atoms with Gasteiger partial charge in [-0.15, -0.1) is 0 Å². The van der Waals surface area contributed by atoms with E-state index in [1.54, 1.807) is 6.07 Å². The van der Waals surface area contributed by atoms with Crippen LogP contribution in [0.2, 0.25) is 0 Å². The molecule has 0 aliphatic heterocycles. The van der Waals surface area contributed by atoms with E-state index < -0.39 is 11.6 Å². The van der Waals surface area contributed by atoms with Gasteiger partial charge >= 0.3 is 12.1 Å². The number of hydrogen-bond acceptors (Lipinski definition) is 6. The summed E-state index contributed by atoms with van der Waals surface area (Å²) in [6.07, 6.45) is 3.29. The average Bonchev–Trinajstić information content (AvgIpc) is 2.61. The van der Waals surface area contributed by atoms with Crippen LogP contribution in [0.3, 0.4) is 0 Å². The minimum atomic E-state index is -0.500. The standard InChI is InChI=1S/C21H32N2O5/c1-13(22-17-12-15(19(25)27-5)8-11-18(17)24)14-6-9-16(10-7-14)23-20(26)28-21(2,3)4/h8,11-14,16,22,24H,6-7,9-10H2,1-5H3,(H,23,26)/t13-,14?,16?/m0/s1. The molecule has 0 radical (unpaired) electrons. The third-order valence-corrected chi connectivity index (χ3v) is 5.00. The highest BCUT2D eigenvalue weighted by Gasteiger charge is 2.28. The predicted molar refractivity (Wildman–Crippen MR) is 108 cm³/mol. The highest BCUT2D eigenvalue weighted by Crippen LogP contribution is 2.31. The van der Waals surface area contributed by atoms with Crippen molar-refractivity contribution in [3.05, 3.63) is 23.8 Å². The summed E-state index contributed by atoms with van der Waals surface area (Å²) in [5, 5.41) is 16.4. The number of benzene rings is 1. The molecule has 156 valence electrons. The van der Waals surface area contributed by atoms with E-state index in [-0.39, 0.29) is 23.9 Å². The number of anilines is 1. The number of esters is 1. The number of ether oxygens (including phenoxy) is 2. The number of amides is 1. The molecule has 1 saturated carbocycles. The van der Waals surface area contributed by atoms with E-state index in [4.69, 9.17) is 9.47 Å². The third kappa shape index (κ3) is 6.32. The van der Waals surface area contributed by atoms with Gasteiger partial charge in [-0.1, -0.05) is 0 Å². The van der Waals surface area contributed by atoms with Crippen molar-refractivity contribution in [3.63, 3.8) is 0 Å².